The summed E-state index contributed by atoms with van der Waals surface area (Å²) < 4.78 is 68.6. The van der Waals surface area contributed by atoms with E-state index in [9.17, 15) is 43.2 Å². The second-order valence-electron chi connectivity index (χ2n) is 27.0. The van der Waals surface area contributed by atoms with Crippen molar-refractivity contribution in [3.8, 4) is 0 Å². The van der Waals surface area contributed by atoms with Crippen LogP contribution in [-0.4, -0.2) is 96.7 Å². The molecule has 0 aromatic heterocycles. The standard InChI is InChI=1S/C83H146O17P2/c1-5-9-13-17-21-25-29-33-36-38-41-44-47-51-55-59-63-67-80(85)93-73-78(99-82(87)69-65-61-57-53-49-43-32-28-24-20-16-12-8-4)75-97-101(89,90)95-71-77(84)72-96-102(91,92)98-76-79(100-83(88)70-66-62-58-54-50-46-40-35-31-27-23-19-15-11-7-3)74-94-81(86)68-64-60-56-52-48-45-42-39-37-34-30-26-22-18-14-10-6-2/h9-10,13-14,21-22,25-26,28,32-34,36-37,41,44,77-79,84H,5-8,11-12,15-20,23-24,27,29-31,35,38-40,42-43,45-76H2,1-4H3,(H,89,90)(H,91,92)/b13-9-,14-10-,25-21-,26-22-,32-28-,36-33-,37-34-,44-41-. The van der Waals surface area contributed by atoms with E-state index in [0.29, 0.717) is 25.7 Å². The Morgan fingerprint density at radius 1 is 0.284 bits per heavy atom. The summed E-state index contributed by atoms with van der Waals surface area (Å²) in [6.45, 7) is 4.64. The first-order chi connectivity index (χ1) is 49.7. The number of rotatable bonds is 76. The molecule has 0 aliphatic heterocycles. The van der Waals surface area contributed by atoms with Gasteiger partial charge in [-0.05, 0) is 122 Å². The van der Waals surface area contributed by atoms with Crippen LogP contribution in [0.1, 0.15) is 349 Å². The summed E-state index contributed by atoms with van der Waals surface area (Å²) in [4.78, 5) is 73.0. The molecule has 590 valence electrons. The summed E-state index contributed by atoms with van der Waals surface area (Å²) >= 11 is 0. The van der Waals surface area contributed by atoms with Crippen molar-refractivity contribution in [2.24, 2.45) is 0 Å². The highest BCUT2D eigenvalue weighted by molar-refractivity contribution is 7.47. The third kappa shape index (κ3) is 74.3. The Bertz CT molecular complexity index is 2310. The molecule has 0 aliphatic carbocycles. The van der Waals surface area contributed by atoms with E-state index in [1.165, 1.54) is 89.9 Å². The van der Waals surface area contributed by atoms with Gasteiger partial charge < -0.3 is 33.8 Å². The number of hydrogen-bond donors (Lipinski definition) is 3. The smallest absolute Gasteiger partial charge is 0.462 e. The Hall–Kier alpha value is -4.02. The molecule has 3 N–H and O–H groups in total. The normalized spacial score (nSPS) is 14.4. The van der Waals surface area contributed by atoms with Gasteiger partial charge in [0.1, 0.15) is 19.3 Å². The molecule has 0 aromatic carbocycles. The van der Waals surface area contributed by atoms with Gasteiger partial charge in [-0.3, -0.25) is 37.3 Å². The largest absolute Gasteiger partial charge is 0.472 e. The number of hydrogen-bond acceptors (Lipinski definition) is 15. The van der Waals surface area contributed by atoms with Crippen molar-refractivity contribution < 1.29 is 80.2 Å². The summed E-state index contributed by atoms with van der Waals surface area (Å²) in [6.07, 6.45) is 79.5. The molecule has 0 aliphatic rings. The van der Waals surface area contributed by atoms with Crippen LogP contribution in [0.3, 0.4) is 0 Å². The highest BCUT2D eigenvalue weighted by atomic mass is 31.2. The molecule has 0 bridgehead atoms. The third-order valence-electron chi connectivity index (χ3n) is 17.0. The van der Waals surface area contributed by atoms with Crippen molar-refractivity contribution in [1.29, 1.82) is 0 Å². The SMILES string of the molecule is CC/C=C\C/C=C\C/C=C\C/C=C\CCCCCCC(=O)OCC(COP(=O)(O)OCC(O)COP(=O)(O)OCC(COC(=O)CCCCCCCCC/C=C\C/C=C\C/C=C\CC)OC(=O)CCCCCCCCCCCCCCCCC)OC(=O)CCCCCCC/C=C\CCCCCC. The van der Waals surface area contributed by atoms with Crippen molar-refractivity contribution >= 4 is 39.5 Å². The maximum absolute atomic E-state index is 13.1. The molecule has 0 heterocycles. The van der Waals surface area contributed by atoms with Crippen molar-refractivity contribution in [3.05, 3.63) is 97.2 Å². The summed E-state index contributed by atoms with van der Waals surface area (Å²) in [5.74, 6) is -2.20. The number of phosphoric ester groups is 2. The van der Waals surface area contributed by atoms with E-state index in [4.69, 9.17) is 37.0 Å². The van der Waals surface area contributed by atoms with Gasteiger partial charge in [0.05, 0.1) is 26.4 Å². The highest BCUT2D eigenvalue weighted by Gasteiger charge is 2.30. The number of carbonyl (C=O) groups is 4. The number of aliphatic hydroxyl groups is 1. The Kier molecular flexibility index (Phi) is 72.3. The zero-order valence-corrected chi connectivity index (χ0v) is 66.3. The zero-order chi connectivity index (χ0) is 74.6. The van der Waals surface area contributed by atoms with Gasteiger partial charge in [-0.25, -0.2) is 9.13 Å². The fourth-order valence-electron chi connectivity index (χ4n) is 10.9. The van der Waals surface area contributed by atoms with Crippen LogP contribution < -0.4 is 0 Å². The first-order valence-electron chi connectivity index (χ1n) is 40.5. The minimum absolute atomic E-state index is 0.0799. The molecule has 19 heteroatoms. The second kappa shape index (κ2) is 75.2. The lowest BCUT2D eigenvalue weighted by Gasteiger charge is -2.21. The number of unbranched alkanes of at least 4 members (excludes halogenated alkanes) is 34. The number of phosphoric acid groups is 2. The summed E-state index contributed by atoms with van der Waals surface area (Å²) in [6, 6.07) is 0. The van der Waals surface area contributed by atoms with Gasteiger partial charge in [-0.2, -0.15) is 0 Å². The topological polar surface area (TPSA) is 237 Å². The van der Waals surface area contributed by atoms with Crippen molar-refractivity contribution in [3.63, 3.8) is 0 Å². The van der Waals surface area contributed by atoms with Gasteiger partial charge in [-0.15, -0.1) is 0 Å². The number of carbonyl (C=O) groups excluding carboxylic acids is 4. The Morgan fingerprint density at radius 3 is 0.804 bits per heavy atom. The van der Waals surface area contributed by atoms with Crippen LogP contribution in [0.4, 0.5) is 0 Å². The van der Waals surface area contributed by atoms with Gasteiger partial charge >= 0.3 is 39.5 Å². The maximum atomic E-state index is 13.1. The summed E-state index contributed by atoms with van der Waals surface area (Å²) in [5.41, 5.74) is 0. The van der Waals surface area contributed by atoms with E-state index >= 15 is 0 Å². The average molecular weight is 1480 g/mol. The maximum Gasteiger partial charge on any atom is 0.472 e. The first-order valence-corrected chi connectivity index (χ1v) is 43.5. The molecular weight excluding hydrogens is 1330 g/mol. The fourth-order valence-corrected chi connectivity index (χ4v) is 12.5. The Balaban J connectivity index is 5.36. The number of allylic oxidation sites excluding steroid dienone is 16. The van der Waals surface area contributed by atoms with E-state index in [2.05, 4.69) is 125 Å². The molecule has 0 rings (SSSR count). The van der Waals surface area contributed by atoms with Gasteiger partial charge in [0.15, 0.2) is 12.2 Å². The predicted octanol–water partition coefficient (Wildman–Crippen LogP) is 23.6. The zero-order valence-electron chi connectivity index (χ0n) is 64.5. The van der Waals surface area contributed by atoms with Crippen LogP contribution in [-0.2, 0) is 65.4 Å². The number of ether oxygens (including phenoxy) is 4. The molecule has 17 nitrogen and oxygen atoms in total. The third-order valence-corrected chi connectivity index (χ3v) is 18.9. The van der Waals surface area contributed by atoms with Crippen molar-refractivity contribution in [2.45, 2.75) is 367 Å². The van der Waals surface area contributed by atoms with E-state index < -0.39 is 97.5 Å². The Labute approximate surface area is 620 Å². The van der Waals surface area contributed by atoms with Crippen LogP contribution in [0.2, 0.25) is 0 Å². The Morgan fingerprint density at radius 2 is 0.510 bits per heavy atom. The van der Waals surface area contributed by atoms with Crippen LogP contribution >= 0.6 is 15.6 Å². The molecule has 0 saturated carbocycles. The van der Waals surface area contributed by atoms with Crippen LogP contribution in [0, 0.1) is 0 Å². The molecule has 102 heavy (non-hydrogen) atoms. The lowest BCUT2D eigenvalue weighted by Crippen LogP contribution is -2.30. The lowest BCUT2D eigenvalue weighted by molar-refractivity contribution is -0.161. The monoisotopic (exact) mass is 1480 g/mol. The first kappa shape index (κ1) is 98.0. The summed E-state index contributed by atoms with van der Waals surface area (Å²) in [5, 5.41) is 10.6. The van der Waals surface area contributed by atoms with E-state index in [1.807, 2.05) is 0 Å². The van der Waals surface area contributed by atoms with Crippen molar-refractivity contribution in [2.75, 3.05) is 39.6 Å². The van der Waals surface area contributed by atoms with Gasteiger partial charge in [0.25, 0.3) is 0 Å². The van der Waals surface area contributed by atoms with Crippen LogP contribution in [0.15, 0.2) is 97.2 Å². The van der Waals surface area contributed by atoms with E-state index in [-0.39, 0.29) is 25.7 Å². The number of esters is 4. The summed E-state index contributed by atoms with van der Waals surface area (Å²) in [7, 11) is -9.96. The molecular formula is C83H146O17P2. The van der Waals surface area contributed by atoms with Gasteiger partial charge in [0, 0.05) is 25.7 Å². The van der Waals surface area contributed by atoms with E-state index in [0.717, 1.165) is 180 Å². The molecule has 0 fully saturated rings. The second-order valence-corrected chi connectivity index (χ2v) is 29.9. The molecule has 0 amide bonds. The van der Waals surface area contributed by atoms with Gasteiger partial charge in [0.2, 0.25) is 0 Å². The van der Waals surface area contributed by atoms with Gasteiger partial charge in [-0.1, -0.05) is 298 Å². The highest BCUT2D eigenvalue weighted by Crippen LogP contribution is 2.45. The average Bonchev–Trinajstić information content (AvgIpc) is 0.908. The fraction of sp³-hybridized carbons (Fsp3) is 0.759. The molecule has 5 unspecified atom stereocenters. The molecule has 5 atom stereocenters. The molecule has 0 aromatic rings. The molecule has 0 saturated heterocycles. The molecule has 0 radical (unpaired) electrons. The number of aliphatic hydroxyl groups excluding tert-OH is 1. The minimum Gasteiger partial charge on any atom is -0.462 e. The lowest BCUT2D eigenvalue weighted by atomic mass is 10.0. The minimum atomic E-state index is -4.98. The van der Waals surface area contributed by atoms with Crippen LogP contribution in [0.25, 0.3) is 0 Å². The van der Waals surface area contributed by atoms with Crippen molar-refractivity contribution in [1.82, 2.24) is 0 Å². The van der Waals surface area contributed by atoms with Crippen LogP contribution in [0.5, 0.6) is 0 Å². The predicted molar refractivity (Wildman–Crippen MR) is 418 cm³/mol. The van der Waals surface area contributed by atoms with E-state index in [1.54, 1.807) is 0 Å². The quantitative estimate of drug-likeness (QED) is 0.0169. The molecule has 0 spiro atoms.